The van der Waals surface area contributed by atoms with Gasteiger partial charge in [-0.3, -0.25) is 19.5 Å². The second-order valence-corrected chi connectivity index (χ2v) is 11.5. The number of methoxy groups -OCH3 is 1. The quantitative estimate of drug-likeness (QED) is 0.120. The van der Waals surface area contributed by atoms with Gasteiger partial charge in [0.2, 0.25) is 0 Å². The highest BCUT2D eigenvalue weighted by molar-refractivity contribution is 7.07. The summed E-state index contributed by atoms with van der Waals surface area (Å²) in [5, 5.41) is 12.7. The largest absolute Gasteiger partial charge is 0.496 e. The third kappa shape index (κ3) is 5.80. The first-order valence-corrected chi connectivity index (χ1v) is 15.3. The average Bonchev–Trinajstić information content (AvgIpc) is 3.37. The van der Waals surface area contributed by atoms with Crippen molar-refractivity contribution in [1.29, 1.82) is 0 Å². The van der Waals surface area contributed by atoms with Crippen LogP contribution in [-0.4, -0.2) is 29.2 Å². The Labute approximate surface area is 267 Å². The molecule has 1 aliphatic heterocycles. The molecule has 0 radical (unpaired) electrons. The van der Waals surface area contributed by atoms with Crippen LogP contribution in [0.5, 0.6) is 11.5 Å². The van der Waals surface area contributed by atoms with E-state index in [1.165, 1.54) is 23.5 Å². The van der Waals surface area contributed by atoms with E-state index < -0.39 is 16.9 Å². The summed E-state index contributed by atoms with van der Waals surface area (Å²) in [6.07, 6.45) is 1.78. The number of aromatic nitrogens is 1. The lowest BCUT2D eigenvalue weighted by Gasteiger charge is -2.27. The molecular formula is C35H29N3O7S. The van der Waals surface area contributed by atoms with Gasteiger partial charge in [0.05, 0.1) is 34.4 Å². The minimum atomic E-state index is -0.825. The highest BCUT2D eigenvalue weighted by Crippen LogP contribution is 2.40. The minimum absolute atomic E-state index is 0.0215. The van der Waals surface area contributed by atoms with E-state index in [0.29, 0.717) is 32.1 Å². The molecule has 0 N–H and O–H groups in total. The van der Waals surface area contributed by atoms with E-state index in [4.69, 9.17) is 14.2 Å². The predicted molar refractivity (Wildman–Crippen MR) is 175 cm³/mol. The Morgan fingerprint density at radius 2 is 1.78 bits per heavy atom. The van der Waals surface area contributed by atoms with Gasteiger partial charge >= 0.3 is 5.97 Å². The van der Waals surface area contributed by atoms with Crippen LogP contribution in [0, 0.1) is 10.1 Å². The number of nitro benzene ring substituents is 1. The molecule has 10 nitrogen and oxygen atoms in total. The van der Waals surface area contributed by atoms with Crippen LogP contribution < -0.4 is 24.4 Å². The van der Waals surface area contributed by atoms with Gasteiger partial charge < -0.3 is 14.2 Å². The van der Waals surface area contributed by atoms with E-state index in [2.05, 4.69) is 4.99 Å². The van der Waals surface area contributed by atoms with Gasteiger partial charge in [-0.1, -0.05) is 53.8 Å². The molecule has 2 heterocycles. The fourth-order valence-electron chi connectivity index (χ4n) is 5.49. The summed E-state index contributed by atoms with van der Waals surface area (Å²) in [5.41, 5.74) is 2.73. The molecule has 0 bridgehead atoms. The van der Waals surface area contributed by atoms with Crippen molar-refractivity contribution in [2.45, 2.75) is 26.5 Å². The Hall–Kier alpha value is -5.55. The molecule has 0 unspecified atom stereocenters. The molecule has 6 rings (SSSR count). The number of ether oxygens (including phenoxy) is 3. The van der Waals surface area contributed by atoms with E-state index >= 15 is 0 Å². The third-order valence-electron chi connectivity index (χ3n) is 7.67. The normalized spacial score (nSPS) is 14.5. The highest BCUT2D eigenvalue weighted by Gasteiger charge is 2.36. The number of allylic oxidation sites excluding steroid dienone is 1. The van der Waals surface area contributed by atoms with Crippen LogP contribution in [-0.2, 0) is 16.1 Å². The van der Waals surface area contributed by atoms with Crippen molar-refractivity contribution >= 4 is 39.8 Å². The lowest BCUT2D eigenvalue weighted by Crippen LogP contribution is -2.40. The molecule has 4 aromatic carbocycles. The van der Waals surface area contributed by atoms with Gasteiger partial charge in [-0.2, -0.15) is 0 Å². The first-order chi connectivity index (χ1) is 22.3. The molecule has 5 aromatic rings. The Morgan fingerprint density at radius 3 is 2.48 bits per heavy atom. The lowest BCUT2D eigenvalue weighted by atomic mass is 9.90. The summed E-state index contributed by atoms with van der Waals surface area (Å²) in [7, 11) is 1.57. The SMILES string of the molecule is CCOC(=O)C1=C(C)N=c2s/c(=C/c3ccc(OCc4ccc([N+](=O)[O-])cc4)cc3)c(=O)n2[C@@H]1c1c(OC)ccc2ccccc12. The number of esters is 1. The maximum absolute atomic E-state index is 14.2. The van der Waals surface area contributed by atoms with Gasteiger partial charge in [0.15, 0.2) is 4.80 Å². The zero-order valence-corrected chi connectivity index (χ0v) is 26.1. The van der Waals surface area contributed by atoms with E-state index in [-0.39, 0.29) is 30.0 Å². The first-order valence-electron chi connectivity index (χ1n) is 14.5. The topological polar surface area (TPSA) is 122 Å². The molecule has 0 fully saturated rings. The summed E-state index contributed by atoms with van der Waals surface area (Å²) in [5.74, 6) is 0.608. The van der Waals surface area contributed by atoms with Crippen molar-refractivity contribution in [1.82, 2.24) is 4.57 Å². The van der Waals surface area contributed by atoms with Crippen LogP contribution in [0.3, 0.4) is 0 Å². The fourth-order valence-corrected chi connectivity index (χ4v) is 6.54. The zero-order chi connectivity index (χ0) is 32.4. The number of thiazole rings is 1. The van der Waals surface area contributed by atoms with Crippen LogP contribution in [0.1, 0.15) is 36.6 Å². The number of non-ortho nitro benzene ring substituents is 1. The molecule has 0 amide bonds. The number of carbonyl (C=O) groups is 1. The molecule has 1 aliphatic rings. The molecule has 1 atom stereocenters. The van der Waals surface area contributed by atoms with E-state index in [1.54, 1.807) is 55.9 Å². The second-order valence-electron chi connectivity index (χ2n) is 10.5. The molecule has 0 saturated carbocycles. The van der Waals surface area contributed by atoms with Gasteiger partial charge in [0.25, 0.3) is 11.2 Å². The minimum Gasteiger partial charge on any atom is -0.496 e. The summed E-state index contributed by atoms with van der Waals surface area (Å²) in [6, 6.07) is 24.2. The third-order valence-corrected chi connectivity index (χ3v) is 8.65. The molecule has 46 heavy (non-hydrogen) atoms. The molecule has 0 spiro atoms. The second kappa shape index (κ2) is 12.8. The predicted octanol–water partition coefficient (Wildman–Crippen LogP) is 5.45. The van der Waals surface area contributed by atoms with Crippen molar-refractivity contribution in [3.05, 3.63) is 143 Å². The first kappa shape index (κ1) is 30.5. The molecule has 1 aromatic heterocycles. The maximum Gasteiger partial charge on any atom is 0.338 e. The number of rotatable bonds is 9. The summed E-state index contributed by atoms with van der Waals surface area (Å²) in [6.45, 7) is 3.91. The molecule has 11 heteroatoms. The number of fused-ring (bicyclic) bond motifs is 2. The number of hydrogen-bond donors (Lipinski definition) is 0. The summed E-state index contributed by atoms with van der Waals surface area (Å²) < 4.78 is 19.1. The van der Waals surface area contributed by atoms with Gasteiger partial charge in [0.1, 0.15) is 24.1 Å². The number of nitrogens with zero attached hydrogens (tertiary/aromatic N) is 3. The molecule has 232 valence electrons. The van der Waals surface area contributed by atoms with Crippen LogP contribution in [0.4, 0.5) is 5.69 Å². The Kier molecular flexibility index (Phi) is 8.49. The molecule has 0 saturated heterocycles. The van der Waals surface area contributed by atoms with E-state index in [9.17, 15) is 19.7 Å². The number of hydrogen-bond acceptors (Lipinski definition) is 9. The smallest absolute Gasteiger partial charge is 0.338 e. The lowest BCUT2D eigenvalue weighted by molar-refractivity contribution is -0.384. The molecule has 0 aliphatic carbocycles. The Morgan fingerprint density at radius 1 is 1.04 bits per heavy atom. The standard InChI is InChI=1S/C35H29N3O7S/c1-4-44-34(40)30-21(2)36-35-37(32(30)31-27-8-6-5-7-24(27)13-18-28(31)43-3)33(39)29(46-35)19-22-11-16-26(17-12-22)45-20-23-9-14-25(15-10-23)38(41)42/h5-19,32H,4,20H2,1-3H3/b29-19+/t32-/m0/s1. The van der Waals surface area contributed by atoms with Crippen LogP contribution >= 0.6 is 11.3 Å². The van der Waals surface area contributed by atoms with Crippen molar-refractivity contribution in [2.24, 2.45) is 4.99 Å². The maximum atomic E-state index is 14.2. The van der Waals surface area contributed by atoms with Gasteiger partial charge in [0, 0.05) is 17.7 Å². The van der Waals surface area contributed by atoms with Gasteiger partial charge in [-0.25, -0.2) is 9.79 Å². The van der Waals surface area contributed by atoms with Gasteiger partial charge in [-0.05, 0) is 72.2 Å². The molecular weight excluding hydrogens is 606 g/mol. The van der Waals surface area contributed by atoms with Crippen molar-refractivity contribution in [2.75, 3.05) is 13.7 Å². The van der Waals surface area contributed by atoms with E-state index in [1.807, 2.05) is 48.5 Å². The number of nitro groups is 1. The zero-order valence-electron chi connectivity index (χ0n) is 25.3. The number of carbonyl (C=O) groups excluding carboxylic acids is 1. The van der Waals surface area contributed by atoms with Crippen molar-refractivity contribution in [3.63, 3.8) is 0 Å². The fraction of sp³-hybridized carbons (Fsp3) is 0.171. The van der Waals surface area contributed by atoms with Crippen LogP contribution in [0.25, 0.3) is 16.8 Å². The van der Waals surface area contributed by atoms with Gasteiger partial charge in [-0.15, -0.1) is 0 Å². The Bertz CT molecular complexity index is 2180. The Balaban J connectivity index is 1.39. The van der Waals surface area contributed by atoms with Crippen LogP contribution in [0.15, 0.2) is 106 Å². The monoisotopic (exact) mass is 635 g/mol. The summed E-state index contributed by atoms with van der Waals surface area (Å²) >= 11 is 1.24. The number of benzene rings is 4. The summed E-state index contributed by atoms with van der Waals surface area (Å²) in [4.78, 5) is 43.2. The van der Waals surface area contributed by atoms with Crippen molar-refractivity contribution in [3.8, 4) is 11.5 Å². The average molecular weight is 636 g/mol. The van der Waals surface area contributed by atoms with E-state index in [0.717, 1.165) is 21.9 Å². The van der Waals surface area contributed by atoms with Crippen molar-refractivity contribution < 1.29 is 23.9 Å². The van der Waals surface area contributed by atoms with Crippen LogP contribution in [0.2, 0.25) is 0 Å². The highest BCUT2D eigenvalue weighted by atomic mass is 32.1.